The molecule has 0 radical (unpaired) electrons. The van der Waals surface area contributed by atoms with Gasteiger partial charge in [-0.25, -0.2) is 4.98 Å². The summed E-state index contributed by atoms with van der Waals surface area (Å²) >= 11 is 1.64. The molecule has 0 saturated heterocycles. The fourth-order valence-corrected chi connectivity index (χ4v) is 3.54. The maximum atomic E-state index is 8.90. The van der Waals surface area contributed by atoms with E-state index in [0.29, 0.717) is 24.6 Å². The second-order valence-corrected chi connectivity index (χ2v) is 6.51. The molecule has 2 aromatic carbocycles. The molecule has 4 aromatic rings. The first kappa shape index (κ1) is 15.0. The fraction of sp³-hybridized carbons (Fsp3) is 0.167. The summed E-state index contributed by atoms with van der Waals surface area (Å²) in [4.78, 5) is 4.64. The van der Waals surface area contributed by atoms with Gasteiger partial charge in [-0.3, -0.25) is 0 Å². The summed E-state index contributed by atoms with van der Waals surface area (Å²) in [6.45, 7) is 0.00499. The van der Waals surface area contributed by atoms with Crippen molar-refractivity contribution >= 4 is 21.6 Å². The number of aliphatic hydroxyl groups excluding tert-OH is 1. The van der Waals surface area contributed by atoms with Gasteiger partial charge in [0.25, 0.3) is 0 Å². The normalized spacial score (nSPS) is 11.2. The van der Waals surface area contributed by atoms with Crippen LogP contribution in [0.25, 0.3) is 21.3 Å². The molecule has 24 heavy (non-hydrogen) atoms. The molecule has 0 aliphatic carbocycles. The van der Waals surface area contributed by atoms with E-state index in [9.17, 15) is 0 Å². The topological polar surface area (TPSA) is 72.0 Å². The van der Waals surface area contributed by atoms with Crippen LogP contribution in [0.3, 0.4) is 0 Å². The Morgan fingerprint density at radius 2 is 1.79 bits per heavy atom. The number of rotatable bonds is 5. The van der Waals surface area contributed by atoms with Gasteiger partial charge in [0.2, 0.25) is 11.8 Å². The van der Waals surface area contributed by atoms with Gasteiger partial charge in [0.05, 0.1) is 23.2 Å². The minimum atomic E-state index is 0.00499. The van der Waals surface area contributed by atoms with Crippen molar-refractivity contribution in [1.29, 1.82) is 0 Å². The SMILES string of the molecule is OCCc1nnc(Cc2nc3ccc(-c4ccccc4)cc3s2)o1. The molecular weight excluding hydrogens is 322 g/mol. The average Bonchev–Trinajstić information content (AvgIpc) is 3.21. The fourth-order valence-electron chi connectivity index (χ4n) is 2.54. The van der Waals surface area contributed by atoms with Crippen molar-refractivity contribution in [3.05, 3.63) is 65.3 Å². The van der Waals surface area contributed by atoms with Gasteiger partial charge >= 0.3 is 0 Å². The zero-order valence-electron chi connectivity index (χ0n) is 12.8. The second kappa shape index (κ2) is 6.51. The van der Waals surface area contributed by atoms with Crippen LogP contribution < -0.4 is 0 Å². The molecule has 2 aromatic heterocycles. The van der Waals surface area contributed by atoms with E-state index in [2.05, 4.69) is 39.4 Å². The summed E-state index contributed by atoms with van der Waals surface area (Å²) in [5.74, 6) is 0.987. The van der Waals surface area contributed by atoms with Gasteiger partial charge < -0.3 is 9.52 Å². The van der Waals surface area contributed by atoms with E-state index in [0.717, 1.165) is 15.2 Å². The smallest absolute Gasteiger partial charge is 0.223 e. The van der Waals surface area contributed by atoms with Crippen LogP contribution in [0.1, 0.15) is 16.8 Å². The van der Waals surface area contributed by atoms with Crippen LogP contribution in [0.5, 0.6) is 0 Å². The van der Waals surface area contributed by atoms with Crippen molar-refractivity contribution in [3.63, 3.8) is 0 Å². The highest BCUT2D eigenvalue weighted by Crippen LogP contribution is 2.29. The molecule has 120 valence electrons. The van der Waals surface area contributed by atoms with Gasteiger partial charge in [0.1, 0.15) is 5.01 Å². The lowest BCUT2D eigenvalue weighted by atomic mass is 10.1. The molecule has 0 amide bonds. The van der Waals surface area contributed by atoms with Crippen LogP contribution in [0.2, 0.25) is 0 Å². The summed E-state index contributed by atoms with van der Waals surface area (Å²) in [6.07, 6.45) is 0.895. The van der Waals surface area contributed by atoms with E-state index in [1.54, 1.807) is 11.3 Å². The summed E-state index contributed by atoms with van der Waals surface area (Å²) < 4.78 is 6.64. The lowest BCUT2D eigenvalue weighted by Crippen LogP contribution is -1.89. The highest BCUT2D eigenvalue weighted by Gasteiger charge is 2.11. The Balaban J connectivity index is 1.61. The molecule has 4 rings (SSSR count). The molecule has 0 aliphatic heterocycles. The third-order valence-electron chi connectivity index (χ3n) is 3.68. The van der Waals surface area contributed by atoms with Gasteiger partial charge in [-0.15, -0.1) is 21.5 Å². The van der Waals surface area contributed by atoms with Crippen LogP contribution >= 0.6 is 11.3 Å². The van der Waals surface area contributed by atoms with E-state index >= 15 is 0 Å². The van der Waals surface area contributed by atoms with E-state index < -0.39 is 0 Å². The third kappa shape index (κ3) is 3.06. The first-order valence-electron chi connectivity index (χ1n) is 7.69. The lowest BCUT2D eigenvalue weighted by molar-refractivity contribution is 0.283. The number of fused-ring (bicyclic) bond motifs is 1. The van der Waals surface area contributed by atoms with Crippen molar-refractivity contribution in [2.75, 3.05) is 6.61 Å². The Bertz CT molecular complexity index is 963. The van der Waals surface area contributed by atoms with Crippen LogP contribution in [-0.2, 0) is 12.8 Å². The minimum absolute atomic E-state index is 0.00499. The summed E-state index contributed by atoms with van der Waals surface area (Å²) in [6, 6.07) is 16.6. The van der Waals surface area contributed by atoms with Gasteiger partial charge in [-0.05, 0) is 23.3 Å². The average molecular weight is 337 g/mol. The number of thiazole rings is 1. The maximum Gasteiger partial charge on any atom is 0.223 e. The van der Waals surface area contributed by atoms with Crippen LogP contribution in [0, 0.1) is 0 Å². The predicted octanol–water partition coefficient (Wildman–Crippen LogP) is 3.47. The second-order valence-electron chi connectivity index (χ2n) is 5.40. The van der Waals surface area contributed by atoms with Crippen molar-refractivity contribution in [2.24, 2.45) is 0 Å². The van der Waals surface area contributed by atoms with Crippen molar-refractivity contribution in [3.8, 4) is 11.1 Å². The van der Waals surface area contributed by atoms with Crippen LogP contribution in [0.4, 0.5) is 0 Å². The standard InChI is InChI=1S/C18H15N3O2S/c22-9-8-16-20-21-17(23-16)11-18-19-14-7-6-13(10-15(14)24-18)12-4-2-1-3-5-12/h1-7,10,22H,8-9,11H2. The highest BCUT2D eigenvalue weighted by molar-refractivity contribution is 7.18. The zero-order valence-corrected chi connectivity index (χ0v) is 13.7. The van der Waals surface area contributed by atoms with Gasteiger partial charge in [0.15, 0.2) is 0 Å². The quantitative estimate of drug-likeness (QED) is 0.604. The molecule has 0 bridgehead atoms. The lowest BCUT2D eigenvalue weighted by Gasteiger charge is -2.00. The number of nitrogens with zero attached hydrogens (tertiary/aromatic N) is 3. The molecule has 0 fully saturated rings. The van der Waals surface area contributed by atoms with Crippen LogP contribution in [0.15, 0.2) is 52.9 Å². The molecule has 0 spiro atoms. The number of hydrogen-bond donors (Lipinski definition) is 1. The largest absolute Gasteiger partial charge is 0.425 e. The van der Waals surface area contributed by atoms with E-state index in [-0.39, 0.29) is 6.61 Å². The highest BCUT2D eigenvalue weighted by atomic mass is 32.1. The molecule has 0 saturated carbocycles. The molecule has 6 heteroatoms. The molecule has 0 atom stereocenters. The minimum Gasteiger partial charge on any atom is -0.425 e. The molecule has 5 nitrogen and oxygen atoms in total. The first-order chi connectivity index (χ1) is 11.8. The predicted molar refractivity (Wildman–Crippen MR) is 92.9 cm³/mol. The Morgan fingerprint density at radius 3 is 2.62 bits per heavy atom. The summed E-state index contributed by atoms with van der Waals surface area (Å²) in [5.41, 5.74) is 3.35. The third-order valence-corrected chi connectivity index (χ3v) is 4.69. The van der Waals surface area contributed by atoms with Gasteiger partial charge in [-0.1, -0.05) is 36.4 Å². The Morgan fingerprint density at radius 1 is 0.958 bits per heavy atom. The van der Waals surface area contributed by atoms with Gasteiger partial charge in [0, 0.05) is 6.42 Å². The first-order valence-corrected chi connectivity index (χ1v) is 8.50. The maximum absolute atomic E-state index is 8.90. The van der Waals surface area contributed by atoms with Gasteiger partial charge in [-0.2, -0.15) is 0 Å². The number of aliphatic hydroxyl groups is 1. The van der Waals surface area contributed by atoms with Crippen LogP contribution in [-0.4, -0.2) is 26.9 Å². The Labute approximate surface area is 142 Å². The zero-order chi connectivity index (χ0) is 16.4. The molecule has 1 N–H and O–H groups in total. The number of benzene rings is 2. The van der Waals surface area contributed by atoms with E-state index in [1.807, 2.05) is 24.3 Å². The molecule has 2 heterocycles. The monoisotopic (exact) mass is 337 g/mol. The molecule has 0 aliphatic rings. The van der Waals surface area contributed by atoms with E-state index in [1.165, 1.54) is 11.1 Å². The molecule has 0 unspecified atom stereocenters. The van der Waals surface area contributed by atoms with Crippen molar-refractivity contribution in [2.45, 2.75) is 12.8 Å². The Kier molecular flexibility index (Phi) is 4.06. The van der Waals surface area contributed by atoms with E-state index in [4.69, 9.17) is 9.52 Å². The summed E-state index contributed by atoms with van der Waals surface area (Å²) in [7, 11) is 0. The number of hydrogen-bond acceptors (Lipinski definition) is 6. The number of aromatic nitrogens is 3. The van der Waals surface area contributed by atoms with Crippen molar-refractivity contribution in [1.82, 2.24) is 15.2 Å². The summed E-state index contributed by atoms with van der Waals surface area (Å²) in [5, 5.41) is 17.7. The van der Waals surface area contributed by atoms with Crippen molar-refractivity contribution < 1.29 is 9.52 Å². The Hall–Kier alpha value is -2.57. The molecular formula is C18H15N3O2S.